The second kappa shape index (κ2) is 10.8. The molecule has 3 aromatic rings. The molecule has 0 spiro atoms. The van der Waals surface area contributed by atoms with Crippen molar-refractivity contribution in [3.63, 3.8) is 0 Å². The molecule has 2 aromatic carbocycles. The van der Waals surface area contributed by atoms with Gasteiger partial charge >= 0.3 is 6.18 Å². The lowest BCUT2D eigenvalue weighted by Gasteiger charge is -2.17. The molecule has 2 N–H and O–H groups in total. The molecule has 0 radical (unpaired) electrons. The lowest BCUT2D eigenvalue weighted by atomic mass is 10.1. The van der Waals surface area contributed by atoms with E-state index in [1.54, 1.807) is 24.3 Å². The SMILES string of the molecule is CCCCCOc1ccccc1Nc1nc(Nc2ccc(CC)cc2)ncc1C(F)(F)F. The Morgan fingerprint density at radius 3 is 2.38 bits per heavy atom. The molecule has 0 saturated carbocycles. The molecule has 0 saturated heterocycles. The molecule has 0 aliphatic carbocycles. The van der Waals surface area contributed by atoms with Gasteiger partial charge in [-0.15, -0.1) is 0 Å². The van der Waals surface area contributed by atoms with Gasteiger partial charge in [-0.2, -0.15) is 18.2 Å². The van der Waals surface area contributed by atoms with Crippen LogP contribution in [0.3, 0.4) is 0 Å². The zero-order valence-corrected chi connectivity index (χ0v) is 18.2. The van der Waals surface area contributed by atoms with Gasteiger partial charge in [-0.3, -0.25) is 0 Å². The maximum atomic E-state index is 13.6. The number of ether oxygens (including phenoxy) is 1. The second-order valence-corrected chi connectivity index (χ2v) is 7.31. The third-order valence-electron chi connectivity index (χ3n) is 4.86. The summed E-state index contributed by atoms with van der Waals surface area (Å²) in [4.78, 5) is 7.98. The van der Waals surface area contributed by atoms with E-state index in [-0.39, 0.29) is 11.8 Å². The van der Waals surface area contributed by atoms with E-state index in [2.05, 4.69) is 27.5 Å². The third-order valence-corrected chi connectivity index (χ3v) is 4.86. The van der Waals surface area contributed by atoms with Crippen LogP contribution in [0.25, 0.3) is 0 Å². The van der Waals surface area contributed by atoms with E-state index in [1.807, 2.05) is 31.2 Å². The van der Waals surface area contributed by atoms with Crippen molar-refractivity contribution in [1.82, 2.24) is 9.97 Å². The van der Waals surface area contributed by atoms with Gasteiger partial charge in [-0.25, -0.2) is 4.98 Å². The van der Waals surface area contributed by atoms with Crippen LogP contribution in [0.15, 0.2) is 54.7 Å². The molecule has 8 heteroatoms. The Labute approximate surface area is 186 Å². The Bertz CT molecular complexity index is 1010. The molecule has 170 valence electrons. The van der Waals surface area contributed by atoms with E-state index in [9.17, 15) is 13.2 Å². The number of anilines is 4. The largest absolute Gasteiger partial charge is 0.491 e. The van der Waals surface area contributed by atoms with Crippen LogP contribution < -0.4 is 15.4 Å². The number of para-hydroxylation sites is 2. The van der Waals surface area contributed by atoms with Crippen LogP contribution >= 0.6 is 0 Å². The molecule has 1 aromatic heterocycles. The van der Waals surface area contributed by atoms with Gasteiger partial charge in [0.05, 0.1) is 12.3 Å². The lowest BCUT2D eigenvalue weighted by Crippen LogP contribution is -2.13. The monoisotopic (exact) mass is 444 g/mol. The Hall–Kier alpha value is -3.29. The number of nitrogens with zero attached hydrogens (tertiary/aromatic N) is 2. The standard InChI is InChI=1S/C24H27F3N4O/c1-3-5-8-15-32-21-10-7-6-9-20(21)30-22-19(24(25,26)27)16-28-23(31-22)29-18-13-11-17(4-2)12-14-18/h6-7,9-14,16H,3-5,8,15H2,1-2H3,(H2,28,29,30,31). The minimum Gasteiger partial charge on any atom is -0.491 e. The topological polar surface area (TPSA) is 59.1 Å². The van der Waals surface area contributed by atoms with Crippen LogP contribution in [0, 0.1) is 0 Å². The van der Waals surface area contributed by atoms with Crippen LogP contribution in [0.4, 0.5) is 36.3 Å². The normalized spacial score (nSPS) is 11.3. The van der Waals surface area contributed by atoms with E-state index < -0.39 is 11.7 Å². The minimum absolute atomic E-state index is 0.0612. The van der Waals surface area contributed by atoms with Crippen molar-refractivity contribution < 1.29 is 17.9 Å². The number of rotatable bonds is 10. The van der Waals surface area contributed by atoms with Gasteiger partial charge in [0.25, 0.3) is 0 Å². The van der Waals surface area contributed by atoms with Crippen molar-refractivity contribution in [3.8, 4) is 5.75 Å². The van der Waals surface area contributed by atoms with E-state index in [1.165, 1.54) is 0 Å². The fourth-order valence-corrected chi connectivity index (χ4v) is 3.06. The number of hydrogen-bond acceptors (Lipinski definition) is 5. The van der Waals surface area contributed by atoms with Gasteiger partial charge in [0, 0.05) is 11.9 Å². The van der Waals surface area contributed by atoms with Gasteiger partial charge in [0.15, 0.2) is 0 Å². The predicted octanol–water partition coefficient (Wildman–Crippen LogP) is 7.11. The first-order valence-electron chi connectivity index (χ1n) is 10.7. The minimum atomic E-state index is -4.61. The number of aryl methyl sites for hydroxylation is 1. The zero-order chi connectivity index (χ0) is 23.0. The number of unbranched alkanes of at least 4 members (excludes halogenated alkanes) is 2. The smallest absolute Gasteiger partial charge is 0.421 e. The highest BCUT2D eigenvalue weighted by Crippen LogP contribution is 2.37. The average molecular weight is 445 g/mol. The summed E-state index contributed by atoms with van der Waals surface area (Å²) in [6.07, 6.45) is 0.00945. The summed E-state index contributed by atoms with van der Waals surface area (Å²) < 4.78 is 46.6. The molecule has 0 bridgehead atoms. The third kappa shape index (κ3) is 6.35. The molecule has 1 heterocycles. The van der Waals surface area contributed by atoms with Gasteiger partial charge in [-0.05, 0) is 42.7 Å². The zero-order valence-electron chi connectivity index (χ0n) is 18.2. The number of hydrogen-bond donors (Lipinski definition) is 2. The van der Waals surface area contributed by atoms with Crippen molar-refractivity contribution in [2.24, 2.45) is 0 Å². The number of halogens is 3. The Kier molecular flexibility index (Phi) is 7.92. The number of nitrogens with one attached hydrogen (secondary N) is 2. The van der Waals surface area contributed by atoms with Gasteiger partial charge < -0.3 is 15.4 Å². The van der Waals surface area contributed by atoms with E-state index in [0.717, 1.165) is 37.4 Å². The molecule has 0 unspecified atom stereocenters. The quantitative estimate of drug-likeness (QED) is 0.326. The van der Waals surface area contributed by atoms with Gasteiger partial charge in [0.2, 0.25) is 5.95 Å². The molecular weight excluding hydrogens is 417 g/mol. The summed E-state index contributed by atoms with van der Waals surface area (Å²) in [6, 6.07) is 14.4. The number of aromatic nitrogens is 2. The number of benzene rings is 2. The van der Waals surface area contributed by atoms with Crippen LogP contribution in [-0.2, 0) is 12.6 Å². The van der Waals surface area contributed by atoms with Gasteiger partial charge in [0.1, 0.15) is 17.1 Å². The fourth-order valence-electron chi connectivity index (χ4n) is 3.06. The molecule has 0 amide bonds. The Morgan fingerprint density at radius 2 is 1.69 bits per heavy atom. The van der Waals surface area contributed by atoms with Crippen LogP contribution in [0.2, 0.25) is 0 Å². The van der Waals surface area contributed by atoms with Crippen LogP contribution in [0.1, 0.15) is 44.2 Å². The first kappa shape index (κ1) is 23.4. The molecule has 0 aliphatic heterocycles. The molecule has 0 fully saturated rings. The van der Waals surface area contributed by atoms with Crippen molar-refractivity contribution in [3.05, 3.63) is 65.9 Å². The van der Waals surface area contributed by atoms with E-state index in [4.69, 9.17) is 4.74 Å². The fraction of sp³-hybridized carbons (Fsp3) is 0.333. The maximum absolute atomic E-state index is 13.6. The Morgan fingerprint density at radius 1 is 0.938 bits per heavy atom. The molecule has 32 heavy (non-hydrogen) atoms. The molecule has 0 atom stereocenters. The summed E-state index contributed by atoms with van der Waals surface area (Å²) in [6.45, 7) is 4.63. The average Bonchev–Trinajstić information content (AvgIpc) is 2.78. The van der Waals surface area contributed by atoms with Crippen molar-refractivity contribution in [1.29, 1.82) is 0 Å². The van der Waals surface area contributed by atoms with Crippen molar-refractivity contribution >= 4 is 23.1 Å². The van der Waals surface area contributed by atoms with Crippen molar-refractivity contribution in [2.45, 2.75) is 45.7 Å². The molecule has 3 rings (SSSR count). The second-order valence-electron chi connectivity index (χ2n) is 7.31. The highest BCUT2D eigenvalue weighted by atomic mass is 19.4. The van der Waals surface area contributed by atoms with Crippen LogP contribution in [0.5, 0.6) is 5.75 Å². The first-order chi connectivity index (χ1) is 15.4. The van der Waals surface area contributed by atoms with Gasteiger partial charge in [-0.1, -0.05) is 51.0 Å². The molecular formula is C24H27F3N4O. The highest BCUT2D eigenvalue weighted by Gasteiger charge is 2.35. The van der Waals surface area contributed by atoms with E-state index >= 15 is 0 Å². The predicted molar refractivity (Wildman–Crippen MR) is 121 cm³/mol. The highest BCUT2D eigenvalue weighted by molar-refractivity contribution is 5.67. The summed E-state index contributed by atoms with van der Waals surface area (Å²) in [5.74, 6) is 0.191. The first-order valence-corrected chi connectivity index (χ1v) is 10.7. The summed E-state index contributed by atoms with van der Waals surface area (Å²) in [5.41, 5.74) is 1.30. The summed E-state index contributed by atoms with van der Waals surface area (Å²) >= 11 is 0. The van der Waals surface area contributed by atoms with Crippen molar-refractivity contribution in [2.75, 3.05) is 17.2 Å². The summed E-state index contributed by atoms with van der Waals surface area (Å²) in [5, 5.41) is 5.76. The molecule has 0 aliphatic rings. The number of alkyl halides is 3. The Balaban J connectivity index is 1.86. The van der Waals surface area contributed by atoms with Crippen LogP contribution in [-0.4, -0.2) is 16.6 Å². The summed E-state index contributed by atoms with van der Waals surface area (Å²) in [7, 11) is 0. The molecule has 5 nitrogen and oxygen atoms in total. The van der Waals surface area contributed by atoms with E-state index in [0.29, 0.717) is 23.7 Å². The lowest BCUT2D eigenvalue weighted by molar-refractivity contribution is -0.137. The maximum Gasteiger partial charge on any atom is 0.421 e.